The van der Waals surface area contributed by atoms with Crippen LogP contribution in [0.1, 0.15) is 26.3 Å². The molecule has 8 heteroatoms. The number of thioether (sulfide) groups is 1. The maximum absolute atomic E-state index is 13.5. The van der Waals surface area contributed by atoms with Crippen LogP contribution in [-0.2, 0) is 4.79 Å². The first-order valence-corrected chi connectivity index (χ1v) is 11.5. The van der Waals surface area contributed by atoms with Gasteiger partial charge in [-0.3, -0.25) is 24.2 Å². The summed E-state index contributed by atoms with van der Waals surface area (Å²) in [5.74, 6) is -1.06. The molecule has 168 valence electrons. The largest absolute Gasteiger partial charge is 0.283 e. The van der Waals surface area contributed by atoms with E-state index in [9.17, 15) is 18.8 Å². The fraction of sp³-hybridized carbons (Fsp3) is 0.0769. The molecule has 6 nitrogen and oxygen atoms in total. The Morgan fingerprint density at radius 3 is 2.06 bits per heavy atom. The van der Waals surface area contributed by atoms with Crippen LogP contribution in [0.5, 0.6) is 0 Å². The van der Waals surface area contributed by atoms with Gasteiger partial charge in [-0.2, -0.15) is 0 Å². The Bertz CT molecular complexity index is 1320. The van der Waals surface area contributed by atoms with Crippen molar-refractivity contribution in [3.63, 3.8) is 0 Å². The number of halogens is 1. The van der Waals surface area contributed by atoms with Crippen LogP contribution in [0.3, 0.4) is 0 Å². The van der Waals surface area contributed by atoms with Gasteiger partial charge in [-0.05, 0) is 48.0 Å². The van der Waals surface area contributed by atoms with Gasteiger partial charge in [0.05, 0.1) is 16.8 Å². The highest BCUT2D eigenvalue weighted by molar-refractivity contribution is 8.14. The summed E-state index contributed by atoms with van der Waals surface area (Å²) in [7, 11) is 0. The third-order valence-corrected chi connectivity index (χ3v) is 6.36. The van der Waals surface area contributed by atoms with Crippen LogP contribution in [0.4, 0.5) is 10.1 Å². The second kappa shape index (κ2) is 9.07. The van der Waals surface area contributed by atoms with Gasteiger partial charge in [-0.25, -0.2) is 9.38 Å². The molecule has 0 saturated carbocycles. The van der Waals surface area contributed by atoms with Gasteiger partial charge < -0.3 is 0 Å². The van der Waals surface area contributed by atoms with E-state index in [1.165, 1.54) is 45.8 Å². The van der Waals surface area contributed by atoms with Crippen molar-refractivity contribution in [3.05, 3.63) is 107 Å². The molecule has 2 heterocycles. The number of carbonyl (C=O) groups excluding carboxylic acids is 3. The number of amidine groups is 1. The fourth-order valence-electron chi connectivity index (χ4n) is 3.79. The fourth-order valence-corrected chi connectivity index (χ4v) is 4.73. The third-order valence-electron chi connectivity index (χ3n) is 5.44. The average molecular weight is 472 g/mol. The molecule has 0 aromatic heterocycles. The predicted molar refractivity (Wildman–Crippen MR) is 130 cm³/mol. The lowest BCUT2D eigenvalue weighted by Gasteiger charge is -2.19. The van der Waals surface area contributed by atoms with Gasteiger partial charge in [0, 0.05) is 12.3 Å². The van der Waals surface area contributed by atoms with Crippen molar-refractivity contribution in [2.24, 2.45) is 4.99 Å². The first-order valence-electron chi connectivity index (χ1n) is 10.6. The Kier molecular flexibility index (Phi) is 5.81. The Labute approximate surface area is 199 Å². The number of hydrogen-bond acceptors (Lipinski definition) is 5. The first-order chi connectivity index (χ1) is 16.5. The van der Waals surface area contributed by atoms with Crippen LogP contribution in [-0.4, -0.2) is 40.1 Å². The zero-order valence-corrected chi connectivity index (χ0v) is 18.7. The van der Waals surface area contributed by atoms with Crippen molar-refractivity contribution in [2.75, 3.05) is 17.2 Å². The maximum Gasteiger partial charge on any atom is 0.283 e. The summed E-state index contributed by atoms with van der Waals surface area (Å²) in [6.07, 6.45) is 1.69. The van der Waals surface area contributed by atoms with Gasteiger partial charge in [-0.15, -0.1) is 0 Å². The Morgan fingerprint density at radius 2 is 1.41 bits per heavy atom. The smallest absolute Gasteiger partial charge is 0.273 e. The standard InChI is InChI=1S/C26H18FN3O3S/c27-18-10-12-19(13-11-18)30-25(33)22(16-17-6-2-1-3-7-17)28-26(30)34-15-14-29-23(31)20-8-4-5-9-21(20)24(29)32/h1-13,16H,14-15H2/b22-16-. The van der Waals surface area contributed by atoms with Crippen molar-refractivity contribution in [3.8, 4) is 0 Å². The lowest BCUT2D eigenvalue weighted by atomic mass is 10.1. The quantitative estimate of drug-likeness (QED) is 0.403. The van der Waals surface area contributed by atoms with E-state index < -0.39 is 5.82 Å². The van der Waals surface area contributed by atoms with E-state index in [2.05, 4.69) is 4.99 Å². The maximum atomic E-state index is 13.5. The summed E-state index contributed by atoms with van der Waals surface area (Å²) in [5.41, 5.74) is 2.35. The molecule has 0 fully saturated rings. The molecule has 5 rings (SSSR count). The molecule has 3 amide bonds. The van der Waals surface area contributed by atoms with E-state index in [0.29, 0.717) is 27.7 Å². The highest BCUT2D eigenvalue weighted by atomic mass is 32.2. The third kappa shape index (κ3) is 4.04. The Balaban J connectivity index is 1.37. The number of imide groups is 1. The number of aliphatic imine (C=N–C) groups is 1. The molecule has 0 radical (unpaired) electrons. The lowest BCUT2D eigenvalue weighted by molar-refractivity contribution is -0.113. The number of carbonyl (C=O) groups is 3. The minimum Gasteiger partial charge on any atom is -0.273 e. The van der Waals surface area contributed by atoms with Crippen LogP contribution in [0.25, 0.3) is 6.08 Å². The van der Waals surface area contributed by atoms with E-state index in [1.807, 2.05) is 30.3 Å². The predicted octanol–water partition coefficient (Wildman–Crippen LogP) is 4.60. The number of nitrogens with zero attached hydrogens (tertiary/aromatic N) is 3. The highest BCUT2D eigenvalue weighted by Crippen LogP contribution is 2.30. The van der Waals surface area contributed by atoms with Crippen LogP contribution in [0.15, 0.2) is 89.6 Å². The molecular weight excluding hydrogens is 453 g/mol. The number of amides is 3. The van der Waals surface area contributed by atoms with Crippen LogP contribution >= 0.6 is 11.8 Å². The normalized spacial score (nSPS) is 16.4. The van der Waals surface area contributed by atoms with Gasteiger partial charge in [0.15, 0.2) is 5.17 Å². The molecule has 0 unspecified atom stereocenters. The summed E-state index contributed by atoms with van der Waals surface area (Å²) in [6.45, 7) is 0.166. The molecule has 2 aliphatic rings. The Morgan fingerprint density at radius 1 is 0.794 bits per heavy atom. The molecular formula is C26H18FN3O3S. The number of fused-ring (bicyclic) bond motifs is 1. The number of hydrogen-bond donors (Lipinski definition) is 0. The number of benzene rings is 3. The van der Waals surface area contributed by atoms with E-state index in [1.54, 1.807) is 30.3 Å². The summed E-state index contributed by atoms with van der Waals surface area (Å²) >= 11 is 1.25. The summed E-state index contributed by atoms with van der Waals surface area (Å²) in [6, 6.07) is 21.7. The molecule has 0 N–H and O–H groups in total. The first kappa shape index (κ1) is 21.8. The molecule has 0 atom stereocenters. The minimum atomic E-state index is -0.410. The SMILES string of the molecule is O=C1c2ccccc2C(=O)N1CCSC1=N/C(=C\c2ccccc2)C(=O)N1c1ccc(F)cc1. The average Bonchev–Trinajstić information content (AvgIpc) is 3.29. The molecule has 0 bridgehead atoms. The number of anilines is 1. The second-order valence-corrected chi connectivity index (χ2v) is 8.67. The van der Waals surface area contributed by atoms with Gasteiger partial charge in [0.2, 0.25) is 0 Å². The minimum absolute atomic E-state index is 0.166. The topological polar surface area (TPSA) is 70.0 Å². The van der Waals surface area contributed by atoms with Crippen molar-refractivity contribution < 1.29 is 18.8 Å². The van der Waals surface area contributed by atoms with Crippen molar-refractivity contribution in [1.82, 2.24) is 4.90 Å². The van der Waals surface area contributed by atoms with Crippen LogP contribution in [0.2, 0.25) is 0 Å². The molecule has 2 aliphatic heterocycles. The van der Waals surface area contributed by atoms with E-state index in [0.717, 1.165) is 5.56 Å². The van der Waals surface area contributed by atoms with Crippen LogP contribution < -0.4 is 4.90 Å². The van der Waals surface area contributed by atoms with Gasteiger partial charge in [0.1, 0.15) is 11.5 Å². The summed E-state index contributed by atoms with van der Waals surface area (Å²) < 4.78 is 13.5. The summed E-state index contributed by atoms with van der Waals surface area (Å²) in [5, 5.41) is 0.399. The van der Waals surface area contributed by atoms with Crippen LogP contribution in [0, 0.1) is 5.82 Å². The molecule has 3 aromatic rings. The molecule has 0 aliphatic carbocycles. The lowest BCUT2D eigenvalue weighted by Crippen LogP contribution is -2.34. The summed E-state index contributed by atoms with van der Waals surface area (Å²) in [4.78, 5) is 45.6. The van der Waals surface area contributed by atoms with E-state index in [-0.39, 0.29) is 30.0 Å². The van der Waals surface area contributed by atoms with Crippen molar-refractivity contribution in [2.45, 2.75) is 0 Å². The molecule has 0 spiro atoms. The van der Waals surface area contributed by atoms with Gasteiger partial charge in [0.25, 0.3) is 17.7 Å². The van der Waals surface area contributed by atoms with Crippen molar-refractivity contribution in [1.29, 1.82) is 0 Å². The molecule has 3 aromatic carbocycles. The zero-order valence-electron chi connectivity index (χ0n) is 17.8. The zero-order chi connectivity index (χ0) is 23.7. The number of rotatable bonds is 5. The second-order valence-electron chi connectivity index (χ2n) is 7.61. The molecule has 34 heavy (non-hydrogen) atoms. The van der Waals surface area contributed by atoms with E-state index in [4.69, 9.17) is 0 Å². The Hall–Kier alpha value is -4.04. The van der Waals surface area contributed by atoms with E-state index >= 15 is 0 Å². The molecule has 0 saturated heterocycles. The van der Waals surface area contributed by atoms with Gasteiger partial charge in [-0.1, -0.05) is 54.2 Å². The van der Waals surface area contributed by atoms with Gasteiger partial charge >= 0.3 is 0 Å². The van der Waals surface area contributed by atoms with Crippen molar-refractivity contribution >= 4 is 46.4 Å². The highest BCUT2D eigenvalue weighted by Gasteiger charge is 2.36. The monoisotopic (exact) mass is 471 g/mol.